The molecule has 2 aromatic rings. The maximum atomic E-state index is 6.16. The Hall–Kier alpha value is -1.37. The van der Waals surface area contributed by atoms with E-state index < -0.39 is 0 Å². The Kier molecular flexibility index (Phi) is 4.05. The molecule has 1 aliphatic rings. The lowest BCUT2D eigenvalue weighted by Gasteiger charge is -2.32. The Bertz CT molecular complexity index is 586. The van der Waals surface area contributed by atoms with Crippen LogP contribution in [0.4, 0.5) is 11.4 Å². The van der Waals surface area contributed by atoms with Crippen LogP contribution in [0.25, 0.3) is 10.2 Å². The van der Waals surface area contributed by atoms with E-state index in [0.29, 0.717) is 0 Å². The predicted molar refractivity (Wildman–Crippen MR) is 84.4 cm³/mol. The zero-order valence-corrected chi connectivity index (χ0v) is 12.4. The number of fused-ring (bicyclic) bond motifs is 1. The summed E-state index contributed by atoms with van der Waals surface area (Å²) in [6.07, 6.45) is 0.217. The molecule has 0 radical (unpaired) electrons. The first-order valence-corrected chi connectivity index (χ1v) is 7.85. The molecule has 5 nitrogen and oxygen atoms in total. The van der Waals surface area contributed by atoms with Crippen molar-refractivity contribution in [1.29, 1.82) is 0 Å². The number of nitrogens with zero attached hydrogens (tertiary/aromatic N) is 2. The van der Waals surface area contributed by atoms with Crippen LogP contribution < -0.4 is 11.1 Å². The summed E-state index contributed by atoms with van der Waals surface area (Å²) in [7, 11) is 0. The minimum absolute atomic E-state index is 0.217. The number of benzene rings is 1. The van der Waals surface area contributed by atoms with Gasteiger partial charge in [-0.25, -0.2) is 4.98 Å². The standard InChI is InChI=1S/C14H20N4OS/c1-2-18-5-6-19-10(8-18)7-16-11-3-4-12-14(13(11)15)17-9-20-12/h3-4,9-10,16H,2,5-8,15H2,1H3. The van der Waals surface area contributed by atoms with Gasteiger partial charge in [-0.2, -0.15) is 0 Å². The maximum absolute atomic E-state index is 6.16. The molecule has 1 saturated heterocycles. The van der Waals surface area contributed by atoms with Crippen LogP contribution in [0.1, 0.15) is 6.92 Å². The van der Waals surface area contributed by atoms with Crippen molar-refractivity contribution in [2.24, 2.45) is 0 Å². The molecule has 1 fully saturated rings. The van der Waals surface area contributed by atoms with Gasteiger partial charge in [-0.05, 0) is 18.7 Å². The highest BCUT2D eigenvalue weighted by molar-refractivity contribution is 7.16. The molecule has 1 aliphatic heterocycles. The lowest BCUT2D eigenvalue weighted by molar-refractivity contribution is -0.0191. The molecular weight excluding hydrogens is 272 g/mol. The van der Waals surface area contributed by atoms with Crippen molar-refractivity contribution in [3.05, 3.63) is 17.6 Å². The van der Waals surface area contributed by atoms with E-state index in [1.165, 1.54) is 0 Å². The molecule has 3 N–H and O–H groups in total. The van der Waals surface area contributed by atoms with Gasteiger partial charge in [0.1, 0.15) is 5.52 Å². The van der Waals surface area contributed by atoms with Gasteiger partial charge in [-0.15, -0.1) is 11.3 Å². The summed E-state index contributed by atoms with van der Waals surface area (Å²) in [5.74, 6) is 0. The molecule has 6 heteroatoms. The summed E-state index contributed by atoms with van der Waals surface area (Å²) in [5.41, 5.74) is 10.6. The number of nitrogens with two attached hydrogens (primary N) is 1. The van der Waals surface area contributed by atoms with Gasteiger partial charge in [0.2, 0.25) is 0 Å². The number of morpholine rings is 1. The normalized spacial score (nSPS) is 20.4. The molecule has 1 atom stereocenters. The molecule has 1 unspecified atom stereocenters. The van der Waals surface area contributed by atoms with Crippen molar-refractivity contribution in [3.8, 4) is 0 Å². The number of anilines is 2. The van der Waals surface area contributed by atoms with E-state index in [1.54, 1.807) is 11.3 Å². The van der Waals surface area contributed by atoms with Crippen LogP contribution in [0.2, 0.25) is 0 Å². The number of nitrogens with one attached hydrogen (secondary N) is 1. The van der Waals surface area contributed by atoms with Crippen molar-refractivity contribution in [3.63, 3.8) is 0 Å². The molecule has 1 aromatic heterocycles. The van der Waals surface area contributed by atoms with Crippen LogP contribution in [0, 0.1) is 0 Å². The number of nitrogen functional groups attached to an aromatic ring is 1. The second kappa shape index (κ2) is 5.95. The smallest absolute Gasteiger partial charge is 0.106 e. The molecule has 0 aliphatic carbocycles. The van der Waals surface area contributed by atoms with E-state index in [0.717, 1.165) is 54.4 Å². The fourth-order valence-corrected chi connectivity index (χ4v) is 3.21. The van der Waals surface area contributed by atoms with Crippen LogP contribution in [0.3, 0.4) is 0 Å². The van der Waals surface area contributed by atoms with Crippen LogP contribution in [-0.4, -0.2) is 48.8 Å². The third kappa shape index (κ3) is 2.72. The molecule has 20 heavy (non-hydrogen) atoms. The van der Waals surface area contributed by atoms with E-state index in [4.69, 9.17) is 10.5 Å². The van der Waals surface area contributed by atoms with E-state index >= 15 is 0 Å². The number of hydrogen-bond donors (Lipinski definition) is 2. The fraction of sp³-hybridized carbons (Fsp3) is 0.500. The largest absolute Gasteiger partial charge is 0.395 e. The van der Waals surface area contributed by atoms with E-state index in [-0.39, 0.29) is 6.10 Å². The van der Waals surface area contributed by atoms with E-state index in [2.05, 4.69) is 28.2 Å². The molecule has 0 saturated carbocycles. The van der Waals surface area contributed by atoms with E-state index in [9.17, 15) is 0 Å². The Labute approximate surface area is 122 Å². The number of rotatable bonds is 4. The van der Waals surface area contributed by atoms with Crippen LogP contribution in [0.5, 0.6) is 0 Å². The van der Waals surface area contributed by atoms with Crippen molar-refractivity contribution in [1.82, 2.24) is 9.88 Å². The van der Waals surface area contributed by atoms with Gasteiger partial charge in [-0.3, -0.25) is 4.90 Å². The Morgan fingerprint density at radius 1 is 1.55 bits per heavy atom. The van der Waals surface area contributed by atoms with Gasteiger partial charge in [0, 0.05) is 19.6 Å². The molecule has 3 rings (SSSR count). The zero-order chi connectivity index (χ0) is 13.9. The van der Waals surface area contributed by atoms with Crippen LogP contribution in [-0.2, 0) is 4.74 Å². The van der Waals surface area contributed by atoms with Crippen molar-refractivity contribution in [2.45, 2.75) is 13.0 Å². The van der Waals surface area contributed by atoms with Gasteiger partial charge in [0.25, 0.3) is 0 Å². The Balaban J connectivity index is 1.66. The second-order valence-corrected chi connectivity index (χ2v) is 5.88. The average molecular weight is 292 g/mol. The van der Waals surface area contributed by atoms with Crippen molar-refractivity contribution >= 4 is 32.9 Å². The second-order valence-electron chi connectivity index (χ2n) is 4.99. The zero-order valence-electron chi connectivity index (χ0n) is 11.6. The van der Waals surface area contributed by atoms with Crippen LogP contribution in [0.15, 0.2) is 17.6 Å². The molecule has 0 amide bonds. The third-order valence-electron chi connectivity index (χ3n) is 3.73. The van der Waals surface area contributed by atoms with Gasteiger partial charge in [0.15, 0.2) is 0 Å². The minimum atomic E-state index is 0.217. The van der Waals surface area contributed by atoms with E-state index in [1.807, 2.05) is 11.6 Å². The van der Waals surface area contributed by atoms with Gasteiger partial charge < -0.3 is 15.8 Å². The predicted octanol–water partition coefficient (Wildman–Crippen LogP) is 2.01. The first-order chi connectivity index (χ1) is 9.78. The van der Waals surface area contributed by atoms with Gasteiger partial charge >= 0.3 is 0 Å². The number of ether oxygens (including phenoxy) is 1. The highest BCUT2D eigenvalue weighted by atomic mass is 32.1. The lowest BCUT2D eigenvalue weighted by atomic mass is 10.2. The highest BCUT2D eigenvalue weighted by Gasteiger charge is 2.19. The first kappa shape index (κ1) is 13.6. The van der Waals surface area contributed by atoms with Gasteiger partial charge in [-0.1, -0.05) is 6.92 Å². The summed E-state index contributed by atoms with van der Waals surface area (Å²) >= 11 is 1.61. The summed E-state index contributed by atoms with van der Waals surface area (Å²) in [5, 5.41) is 3.40. The molecule has 1 aromatic carbocycles. The molecular formula is C14H20N4OS. The number of thiazole rings is 1. The average Bonchev–Trinajstić information content (AvgIpc) is 2.96. The number of hydrogen-bond acceptors (Lipinski definition) is 6. The number of likely N-dealkylation sites (N-methyl/N-ethyl adjacent to an activating group) is 1. The minimum Gasteiger partial charge on any atom is -0.395 e. The first-order valence-electron chi connectivity index (χ1n) is 6.97. The van der Waals surface area contributed by atoms with Crippen molar-refractivity contribution < 1.29 is 4.74 Å². The Morgan fingerprint density at radius 2 is 2.45 bits per heavy atom. The summed E-state index contributed by atoms with van der Waals surface area (Å²) in [6.45, 7) is 6.84. The fourth-order valence-electron chi connectivity index (χ4n) is 2.52. The summed E-state index contributed by atoms with van der Waals surface area (Å²) < 4.78 is 6.91. The number of aromatic nitrogens is 1. The lowest BCUT2D eigenvalue weighted by Crippen LogP contribution is -2.45. The topological polar surface area (TPSA) is 63.4 Å². The van der Waals surface area contributed by atoms with Gasteiger partial charge in [0.05, 0.1) is 34.3 Å². The maximum Gasteiger partial charge on any atom is 0.106 e. The van der Waals surface area contributed by atoms with Crippen LogP contribution >= 0.6 is 11.3 Å². The molecule has 0 spiro atoms. The summed E-state index contributed by atoms with van der Waals surface area (Å²) in [6, 6.07) is 4.09. The highest BCUT2D eigenvalue weighted by Crippen LogP contribution is 2.29. The Morgan fingerprint density at radius 3 is 3.30 bits per heavy atom. The van der Waals surface area contributed by atoms with Crippen molar-refractivity contribution in [2.75, 3.05) is 43.8 Å². The third-order valence-corrected chi connectivity index (χ3v) is 4.53. The SMILES string of the molecule is CCN1CCOC(CNc2ccc3scnc3c2N)C1. The molecule has 2 heterocycles. The monoisotopic (exact) mass is 292 g/mol. The molecule has 108 valence electrons. The molecule has 0 bridgehead atoms. The quantitative estimate of drug-likeness (QED) is 0.844. The summed E-state index contributed by atoms with van der Waals surface area (Å²) in [4.78, 5) is 6.72.